The maximum Gasteiger partial charge on any atom is 0.295 e. The molecule has 1 aliphatic rings. The standard InChI is InChI=1S/C26H31FN2O3/c1-5-28(6-2)14-7-15-29-23(19-10-12-20(27)13-11-19)22(25(31)26(29)32)24(30)21-16-17(3)8-9-18(21)4/h8-13,16,23,30H,5-7,14-15H2,1-4H3/b24-22+. The molecule has 1 amide bonds. The molecular formula is C26H31FN2O3. The van der Waals surface area contributed by atoms with Crippen molar-refractivity contribution in [3.05, 3.63) is 76.1 Å². The number of aliphatic hydroxyl groups excluding tert-OH is 1. The number of amides is 1. The number of aryl methyl sites for hydroxylation is 2. The monoisotopic (exact) mass is 438 g/mol. The Morgan fingerprint density at radius 3 is 2.34 bits per heavy atom. The number of hydrogen-bond acceptors (Lipinski definition) is 4. The quantitative estimate of drug-likeness (QED) is 0.372. The number of likely N-dealkylation sites (tertiary alicyclic amines) is 1. The minimum Gasteiger partial charge on any atom is -0.507 e. The molecule has 6 heteroatoms. The molecule has 1 unspecified atom stereocenters. The Morgan fingerprint density at radius 2 is 1.72 bits per heavy atom. The molecule has 1 aliphatic heterocycles. The van der Waals surface area contributed by atoms with E-state index in [4.69, 9.17) is 0 Å². The molecule has 5 nitrogen and oxygen atoms in total. The summed E-state index contributed by atoms with van der Waals surface area (Å²) in [5.74, 6) is -1.93. The lowest BCUT2D eigenvalue weighted by Gasteiger charge is -2.27. The highest BCUT2D eigenvalue weighted by atomic mass is 19.1. The number of nitrogens with zero attached hydrogens (tertiary/aromatic N) is 2. The highest BCUT2D eigenvalue weighted by Crippen LogP contribution is 2.40. The van der Waals surface area contributed by atoms with Gasteiger partial charge in [-0.1, -0.05) is 43.7 Å². The van der Waals surface area contributed by atoms with Crippen molar-refractivity contribution in [3.63, 3.8) is 0 Å². The third-order valence-corrected chi connectivity index (χ3v) is 6.14. The second-order valence-corrected chi connectivity index (χ2v) is 8.24. The average Bonchev–Trinajstić information content (AvgIpc) is 3.03. The van der Waals surface area contributed by atoms with E-state index in [2.05, 4.69) is 18.7 Å². The number of rotatable bonds is 8. The number of benzene rings is 2. The van der Waals surface area contributed by atoms with Crippen molar-refractivity contribution in [2.75, 3.05) is 26.2 Å². The first-order valence-electron chi connectivity index (χ1n) is 11.1. The summed E-state index contributed by atoms with van der Waals surface area (Å²) in [6.07, 6.45) is 0.690. The molecule has 170 valence electrons. The van der Waals surface area contributed by atoms with E-state index < -0.39 is 23.5 Å². The van der Waals surface area contributed by atoms with Gasteiger partial charge in [-0.15, -0.1) is 0 Å². The first kappa shape index (κ1) is 23.7. The third kappa shape index (κ3) is 4.75. The number of carbonyl (C=O) groups excluding carboxylic acids is 2. The largest absolute Gasteiger partial charge is 0.507 e. The Kier molecular flexibility index (Phi) is 7.46. The van der Waals surface area contributed by atoms with Gasteiger partial charge < -0.3 is 14.9 Å². The maximum atomic E-state index is 13.6. The van der Waals surface area contributed by atoms with Crippen LogP contribution in [0.2, 0.25) is 0 Å². The molecular weight excluding hydrogens is 407 g/mol. The zero-order valence-corrected chi connectivity index (χ0v) is 19.2. The van der Waals surface area contributed by atoms with Crippen molar-refractivity contribution in [1.29, 1.82) is 0 Å². The van der Waals surface area contributed by atoms with Crippen LogP contribution in [0.4, 0.5) is 4.39 Å². The summed E-state index contributed by atoms with van der Waals surface area (Å²) in [4.78, 5) is 29.9. The van der Waals surface area contributed by atoms with Gasteiger partial charge in [-0.2, -0.15) is 0 Å². The Balaban J connectivity index is 2.06. The van der Waals surface area contributed by atoms with E-state index in [1.165, 1.54) is 17.0 Å². The van der Waals surface area contributed by atoms with Crippen LogP contribution in [0.25, 0.3) is 5.76 Å². The molecule has 1 N–H and O–H groups in total. The van der Waals surface area contributed by atoms with Crippen molar-refractivity contribution in [2.24, 2.45) is 0 Å². The Morgan fingerprint density at radius 1 is 1.06 bits per heavy atom. The Hall–Kier alpha value is -2.99. The predicted octanol–water partition coefficient (Wildman–Crippen LogP) is 4.60. The lowest BCUT2D eigenvalue weighted by atomic mass is 9.93. The van der Waals surface area contributed by atoms with Crippen molar-refractivity contribution in [3.8, 4) is 0 Å². The topological polar surface area (TPSA) is 60.9 Å². The average molecular weight is 439 g/mol. The van der Waals surface area contributed by atoms with Crippen molar-refractivity contribution in [2.45, 2.75) is 40.2 Å². The van der Waals surface area contributed by atoms with Crippen LogP contribution >= 0.6 is 0 Å². The molecule has 32 heavy (non-hydrogen) atoms. The minimum absolute atomic E-state index is 0.0538. The third-order valence-electron chi connectivity index (χ3n) is 6.14. The molecule has 0 spiro atoms. The van der Waals surface area contributed by atoms with E-state index in [0.29, 0.717) is 24.1 Å². The van der Waals surface area contributed by atoms with Crippen LogP contribution < -0.4 is 0 Å². The van der Waals surface area contributed by atoms with Crippen molar-refractivity contribution < 1.29 is 19.1 Å². The maximum absolute atomic E-state index is 13.6. The molecule has 2 aromatic rings. The van der Waals surface area contributed by atoms with E-state index in [1.807, 2.05) is 26.0 Å². The fourth-order valence-corrected chi connectivity index (χ4v) is 4.24. The fraction of sp³-hybridized carbons (Fsp3) is 0.385. The molecule has 0 aliphatic carbocycles. The second-order valence-electron chi connectivity index (χ2n) is 8.24. The lowest BCUT2D eigenvalue weighted by Crippen LogP contribution is -2.33. The molecule has 1 fully saturated rings. The highest BCUT2D eigenvalue weighted by molar-refractivity contribution is 6.46. The van der Waals surface area contributed by atoms with Gasteiger partial charge in [0.25, 0.3) is 11.7 Å². The van der Waals surface area contributed by atoms with Crippen LogP contribution in [-0.4, -0.2) is 52.8 Å². The summed E-state index contributed by atoms with van der Waals surface area (Å²) >= 11 is 0. The van der Waals surface area contributed by atoms with Gasteiger partial charge in [0, 0.05) is 12.1 Å². The zero-order valence-electron chi connectivity index (χ0n) is 19.2. The van der Waals surface area contributed by atoms with Gasteiger partial charge in [-0.05, 0) is 69.2 Å². The Bertz CT molecular complexity index is 1030. The first-order valence-corrected chi connectivity index (χ1v) is 11.1. The summed E-state index contributed by atoms with van der Waals surface area (Å²) < 4.78 is 13.6. The van der Waals surface area contributed by atoms with E-state index in [-0.39, 0.29) is 11.3 Å². The van der Waals surface area contributed by atoms with Crippen LogP contribution in [0.5, 0.6) is 0 Å². The van der Waals surface area contributed by atoms with Crippen LogP contribution in [0.15, 0.2) is 48.0 Å². The number of ketones is 1. The molecule has 1 atom stereocenters. The van der Waals surface area contributed by atoms with Gasteiger partial charge in [-0.25, -0.2) is 4.39 Å². The van der Waals surface area contributed by atoms with E-state index in [0.717, 1.165) is 30.8 Å². The summed E-state index contributed by atoms with van der Waals surface area (Å²) in [6, 6.07) is 10.6. The van der Waals surface area contributed by atoms with Gasteiger partial charge in [0.05, 0.1) is 11.6 Å². The predicted molar refractivity (Wildman–Crippen MR) is 124 cm³/mol. The molecule has 0 aromatic heterocycles. The number of halogens is 1. The summed E-state index contributed by atoms with van der Waals surface area (Å²) in [7, 11) is 0. The molecule has 3 rings (SSSR count). The summed E-state index contributed by atoms with van der Waals surface area (Å²) in [6.45, 7) is 10.9. The molecule has 0 saturated carbocycles. The van der Waals surface area contributed by atoms with Crippen molar-refractivity contribution >= 4 is 17.4 Å². The van der Waals surface area contributed by atoms with Crippen molar-refractivity contribution in [1.82, 2.24) is 9.80 Å². The number of hydrogen-bond donors (Lipinski definition) is 1. The van der Waals surface area contributed by atoms with Crippen LogP contribution in [0.3, 0.4) is 0 Å². The van der Waals surface area contributed by atoms with Gasteiger partial charge in [0.2, 0.25) is 0 Å². The van der Waals surface area contributed by atoms with Crippen LogP contribution in [-0.2, 0) is 9.59 Å². The normalized spacial score (nSPS) is 18.1. The van der Waals surface area contributed by atoms with E-state index >= 15 is 0 Å². The van der Waals surface area contributed by atoms with E-state index in [1.54, 1.807) is 18.2 Å². The first-order chi connectivity index (χ1) is 15.3. The molecule has 0 radical (unpaired) electrons. The fourth-order valence-electron chi connectivity index (χ4n) is 4.24. The van der Waals surface area contributed by atoms with Crippen LogP contribution in [0.1, 0.15) is 48.6 Å². The number of carbonyl (C=O) groups is 2. The number of Topliss-reactive ketones (excluding diaryl/α,β-unsaturated/α-hetero) is 1. The van der Waals surface area contributed by atoms with E-state index in [9.17, 15) is 19.1 Å². The minimum atomic E-state index is -0.757. The molecule has 1 saturated heterocycles. The number of aliphatic hydroxyl groups is 1. The lowest BCUT2D eigenvalue weighted by molar-refractivity contribution is -0.140. The Labute approximate surface area is 189 Å². The van der Waals surface area contributed by atoms with Crippen LogP contribution in [0, 0.1) is 19.7 Å². The van der Waals surface area contributed by atoms with Gasteiger partial charge in [0.15, 0.2) is 0 Å². The second kappa shape index (κ2) is 10.1. The smallest absolute Gasteiger partial charge is 0.295 e. The SMILES string of the molecule is CCN(CC)CCCN1C(=O)C(=O)/C(=C(/O)c2cc(C)ccc2C)C1c1ccc(F)cc1. The summed E-state index contributed by atoms with van der Waals surface area (Å²) in [5, 5.41) is 11.2. The van der Waals surface area contributed by atoms with Gasteiger partial charge in [0.1, 0.15) is 11.6 Å². The molecule has 2 aromatic carbocycles. The zero-order chi connectivity index (χ0) is 23.4. The van der Waals surface area contributed by atoms with Gasteiger partial charge >= 0.3 is 0 Å². The van der Waals surface area contributed by atoms with Gasteiger partial charge in [-0.3, -0.25) is 9.59 Å². The summed E-state index contributed by atoms with van der Waals surface area (Å²) in [5.41, 5.74) is 2.92. The molecule has 1 heterocycles. The molecule has 0 bridgehead atoms. The highest BCUT2D eigenvalue weighted by Gasteiger charge is 2.45.